The molecule has 0 aliphatic carbocycles. The summed E-state index contributed by atoms with van der Waals surface area (Å²) in [4.78, 5) is 19.2. The van der Waals surface area contributed by atoms with Gasteiger partial charge in [0.05, 0.1) is 17.6 Å². The van der Waals surface area contributed by atoms with E-state index in [2.05, 4.69) is 15.4 Å². The maximum absolute atomic E-state index is 11.6. The fourth-order valence-corrected chi connectivity index (χ4v) is 2.67. The fraction of sp³-hybridized carbons (Fsp3) is 0.333. The van der Waals surface area contributed by atoms with Crippen LogP contribution < -0.4 is 11.3 Å². The number of carbonyl (C=O) groups excluding carboxylic acids is 1. The minimum Gasteiger partial charge on any atom is -0.383 e. The van der Waals surface area contributed by atoms with E-state index in [0.29, 0.717) is 5.16 Å². The van der Waals surface area contributed by atoms with Crippen molar-refractivity contribution in [3.8, 4) is 0 Å². The third-order valence-electron chi connectivity index (χ3n) is 2.62. The predicted octanol–water partition coefficient (Wildman–Crippen LogP) is 0.968. The van der Waals surface area contributed by atoms with E-state index in [1.54, 1.807) is 7.11 Å². The van der Waals surface area contributed by atoms with Crippen LogP contribution in [0.25, 0.3) is 11.0 Å². The topological polar surface area (TPSA) is 93.0 Å². The van der Waals surface area contributed by atoms with E-state index < -0.39 is 5.25 Å². The number of fused-ring (bicyclic) bond motifs is 1. The molecule has 6 nitrogen and oxygen atoms in total. The number of imidazole rings is 1. The van der Waals surface area contributed by atoms with Gasteiger partial charge in [0, 0.05) is 7.11 Å². The summed E-state index contributed by atoms with van der Waals surface area (Å²) in [5.41, 5.74) is 5.11. The molecule has 2 aromatic rings. The number of amides is 1. The number of nitrogens with two attached hydrogens (primary N) is 1. The van der Waals surface area contributed by atoms with E-state index >= 15 is 0 Å². The molecule has 1 unspecified atom stereocenters. The lowest BCUT2D eigenvalue weighted by Crippen LogP contribution is -2.39. The lowest BCUT2D eigenvalue weighted by atomic mass is 10.2. The van der Waals surface area contributed by atoms with Crippen LogP contribution in [0.4, 0.5) is 0 Å². The highest BCUT2D eigenvalue weighted by atomic mass is 32.2. The minimum atomic E-state index is -0.434. The summed E-state index contributed by atoms with van der Waals surface area (Å²) in [6, 6.07) is 5.96. The van der Waals surface area contributed by atoms with E-state index in [0.717, 1.165) is 16.6 Å². The molecule has 102 valence electrons. The van der Waals surface area contributed by atoms with Crippen LogP contribution >= 0.6 is 11.8 Å². The Bertz CT molecular complexity index is 584. The van der Waals surface area contributed by atoms with Crippen molar-refractivity contribution in [2.45, 2.75) is 17.3 Å². The zero-order valence-corrected chi connectivity index (χ0v) is 11.6. The number of methoxy groups -OCH3 is 1. The zero-order valence-electron chi connectivity index (χ0n) is 10.8. The maximum atomic E-state index is 11.6. The van der Waals surface area contributed by atoms with E-state index in [4.69, 9.17) is 10.6 Å². The van der Waals surface area contributed by atoms with E-state index in [1.165, 1.54) is 11.8 Å². The number of aryl methyl sites for hydroxylation is 1. The molecule has 1 aromatic carbocycles. The van der Waals surface area contributed by atoms with E-state index in [1.807, 2.05) is 25.1 Å². The first-order valence-corrected chi connectivity index (χ1v) is 6.64. The van der Waals surface area contributed by atoms with Gasteiger partial charge in [-0.3, -0.25) is 10.2 Å². The molecular formula is C12H16N4O2S. The van der Waals surface area contributed by atoms with Crippen LogP contribution in [0.15, 0.2) is 23.4 Å². The lowest BCUT2D eigenvalue weighted by molar-refractivity contribution is -0.121. The Kier molecular flexibility index (Phi) is 4.41. The van der Waals surface area contributed by atoms with Gasteiger partial charge in [-0.15, -0.1) is 0 Å². The predicted molar refractivity (Wildman–Crippen MR) is 74.7 cm³/mol. The van der Waals surface area contributed by atoms with E-state index in [9.17, 15) is 4.79 Å². The minimum absolute atomic E-state index is 0.268. The number of rotatable bonds is 5. The summed E-state index contributed by atoms with van der Waals surface area (Å²) in [6.45, 7) is 2.28. The van der Waals surface area contributed by atoms with Crippen LogP contribution in [0.1, 0.15) is 5.56 Å². The van der Waals surface area contributed by atoms with Crippen molar-refractivity contribution in [1.29, 1.82) is 0 Å². The van der Waals surface area contributed by atoms with Gasteiger partial charge in [0.1, 0.15) is 5.25 Å². The van der Waals surface area contributed by atoms with Crippen molar-refractivity contribution < 1.29 is 9.53 Å². The quantitative estimate of drug-likeness (QED) is 0.328. The lowest BCUT2D eigenvalue weighted by Gasteiger charge is -2.11. The first kappa shape index (κ1) is 13.9. The van der Waals surface area contributed by atoms with Crippen LogP contribution in [0, 0.1) is 6.92 Å². The van der Waals surface area contributed by atoms with Crippen LogP contribution in [0.2, 0.25) is 0 Å². The van der Waals surface area contributed by atoms with E-state index in [-0.39, 0.29) is 12.5 Å². The van der Waals surface area contributed by atoms with Crippen LogP contribution in [-0.2, 0) is 9.53 Å². The Labute approximate surface area is 115 Å². The molecule has 0 bridgehead atoms. The highest BCUT2D eigenvalue weighted by Gasteiger charge is 2.20. The summed E-state index contributed by atoms with van der Waals surface area (Å²) < 4.78 is 5.01. The summed E-state index contributed by atoms with van der Waals surface area (Å²) >= 11 is 1.29. The Morgan fingerprint density at radius 3 is 3.11 bits per heavy atom. The molecule has 0 saturated carbocycles. The van der Waals surface area contributed by atoms with Gasteiger partial charge in [-0.2, -0.15) is 0 Å². The number of benzene rings is 1. The first-order valence-electron chi connectivity index (χ1n) is 5.76. The average Bonchev–Trinajstić information content (AvgIpc) is 2.78. The Hall–Kier alpha value is -1.57. The van der Waals surface area contributed by atoms with Crippen LogP contribution in [-0.4, -0.2) is 34.8 Å². The smallest absolute Gasteiger partial charge is 0.249 e. The van der Waals surface area contributed by atoms with Gasteiger partial charge in [0.25, 0.3) is 0 Å². The molecule has 0 aliphatic heterocycles. The molecule has 2 rings (SSSR count). The number of thioether (sulfide) groups is 1. The van der Waals surface area contributed by atoms with Crippen molar-refractivity contribution in [1.82, 2.24) is 15.4 Å². The molecule has 0 fully saturated rings. The van der Waals surface area contributed by atoms with Crippen LogP contribution in [0.5, 0.6) is 0 Å². The number of aromatic amines is 1. The second kappa shape index (κ2) is 6.05. The highest BCUT2D eigenvalue weighted by Crippen LogP contribution is 2.24. The second-order valence-corrected chi connectivity index (χ2v) is 5.32. The highest BCUT2D eigenvalue weighted by molar-refractivity contribution is 8.00. The number of nitrogens with one attached hydrogen (secondary N) is 2. The zero-order chi connectivity index (χ0) is 13.8. The van der Waals surface area contributed by atoms with Gasteiger partial charge < -0.3 is 9.72 Å². The third-order valence-corrected chi connectivity index (χ3v) is 3.67. The standard InChI is InChI=1S/C12H16N4O2S/c1-7-3-4-8-9(5-7)15-12(14-8)19-10(6-18-2)11(17)16-13/h3-5,10H,6,13H2,1-2H3,(H,14,15)(H,16,17). The molecule has 0 spiro atoms. The largest absolute Gasteiger partial charge is 0.383 e. The maximum Gasteiger partial charge on any atom is 0.249 e. The second-order valence-electron chi connectivity index (χ2n) is 4.13. The van der Waals surface area contributed by atoms with Gasteiger partial charge in [-0.1, -0.05) is 17.8 Å². The molecule has 7 heteroatoms. The molecular weight excluding hydrogens is 264 g/mol. The third kappa shape index (κ3) is 3.25. The van der Waals surface area contributed by atoms with Crippen molar-refractivity contribution in [3.63, 3.8) is 0 Å². The number of ether oxygens (including phenoxy) is 1. The van der Waals surface area contributed by atoms with Gasteiger partial charge in [0.2, 0.25) is 5.91 Å². The number of hydrogen-bond acceptors (Lipinski definition) is 5. The van der Waals surface area contributed by atoms with Gasteiger partial charge in [-0.25, -0.2) is 10.8 Å². The average molecular weight is 280 g/mol. The molecule has 0 saturated heterocycles. The number of carbonyl (C=O) groups is 1. The summed E-state index contributed by atoms with van der Waals surface area (Å²) in [5, 5.41) is 0.239. The Morgan fingerprint density at radius 2 is 2.42 bits per heavy atom. The molecule has 4 N–H and O–H groups in total. The fourth-order valence-electron chi connectivity index (χ4n) is 1.70. The summed E-state index contributed by atoms with van der Waals surface area (Å²) in [5.74, 6) is 4.86. The van der Waals surface area contributed by atoms with Crippen LogP contribution in [0.3, 0.4) is 0 Å². The van der Waals surface area contributed by atoms with Crippen molar-refractivity contribution in [2.24, 2.45) is 5.84 Å². The monoisotopic (exact) mass is 280 g/mol. The number of hydrogen-bond donors (Lipinski definition) is 3. The summed E-state index contributed by atoms with van der Waals surface area (Å²) in [6.07, 6.45) is 0. The number of H-pyrrole nitrogens is 1. The summed E-state index contributed by atoms with van der Waals surface area (Å²) in [7, 11) is 1.54. The van der Waals surface area contributed by atoms with Crippen molar-refractivity contribution >= 4 is 28.7 Å². The van der Waals surface area contributed by atoms with Gasteiger partial charge in [-0.05, 0) is 24.6 Å². The number of nitrogens with zero attached hydrogens (tertiary/aromatic N) is 1. The normalized spacial score (nSPS) is 12.6. The number of hydrazine groups is 1. The van der Waals surface area contributed by atoms with Gasteiger partial charge >= 0.3 is 0 Å². The molecule has 19 heavy (non-hydrogen) atoms. The first-order chi connectivity index (χ1) is 9.13. The van der Waals surface area contributed by atoms with Crippen molar-refractivity contribution in [2.75, 3.05) is 13.7 Å². The van der Waals surface area contributed by atoms with Gasteiger partial charge in [0.15, 0.2) is 5.16 Å². The molecule has 1 amide bonds. The number of aromatic nitrogens is 2. The molecule has 1 atom stereocenters. The Morgan fingerprint density at radius 1 is 1.63 bits per heavy atom. The Balaban J connectivity index is 2.21. The molecule has 1 heterocycles. The molecule has 0 aliphatic rings. The molecule has 0 radical (unpaired) electrons. The SMILES string of the molecule is COCC(Sc1nc2ccc(C)cc2[nH]1)C(=O)NN. The van der Waals surface area contributed by atoms with Crippen molar-refractivity contribution in [3.05, 3.63) is 23.8 Å². The molecule has 1 aromatic heterocycles.